The molecular formula is C11H14BrFN4O2S. The van der Waals surface area contributed by atoms with E-state index in [1.807, 2.05) is 0 Å². The zero-order valence-corrected chi connectivity index (χ0v) is 13.1. The highest BCUT2D eigenvalue weighted by Crippen LogP contribution is 2.40. The molecule has 1 aromatic heterocycles. The Bertz CT molecular complexity index is 530. The van der Waals surface area contributed by atoms with Crippen LogP contribution in [0.3, 0.4) is 0 Å². The third kappa shape index (κ3) is 2.16. The first-order chi connectivity index (χ1) is 9.49. The van der Waals surface area contributed by atoms with Gasteiger partial charge in [0.1, 0.15) is 6.17 Å². The number of carbonyl (C=O) groups is 1. The van der Waals surface area contributed by atoms with Crippen LogP contribution in [0.5, 0.6) is 0 Å². The quantitative estimate of drug-likeness (QED) is 0.872. The minimum Gasteiger partial charge on any atom is -0.465 e. The van der Waals surface area contributed by atoms with Gasteiger partial charge in [0.25, 0.3) is 0 Å². The van der Waals surface area contributed by atoms with Crippen LogP contribution in [0.2, 0.25) is 0 Å². The molecule has 2 aliphatic heterocycles. The van der Waals surface area contributed by atoms with Gasteiger partial charge in [0.15, 0.2) is 3.92 Å². The second kappa shape index (κ2) is 5.10. The third-order valence-electron chi connectivity index (χ3n) is 4.20. The lowest BCUT2D eigenvalue weighted by molar-refractivity contribution is 0.0491. The van der Waals surface area contributed by atoms with E-state index in [0.29, 0.717) is 21.9 Å². The molecule has 1 N–H and O–H groups in total. The summed E-state index contributed by atoms with van der Waals surface area (Å²) in [4.78, 5) is 14.3. The molecule has 9 heteroatoms. The van der Waals surface area contributed by atoms with Crippen molar-refractivity contribution in [3.05, 3.63) is 3.92 Å². The molecule has 20 heavy (non-hydrogen) atoms. The number of anilines is 1. The molecule has 0 aromatic carbocycles. The highest BCUT2D eigenvalue weighted by Gasteiger charge is 2.51. The van der Waals surface area contributed by atoms with Crippen molar-refractivity contribution >= 4 is 38.5 Å². The van der Waals surface area contributed by atoms with Crippen LogP contribution in [-0.2, 0) is 0 Å². The molecule has 1 aromatic rings. The number of fused-ring (bicyclic) bond motifs is 2. The van der Waals surface area contributed by atoms with Crippen molar-refractivity contribution in [1.82, 2.24) is 15.1 Å². The van der Waals surface area contributed by atoms with Crippen LogP contribution in [-0.4, -0.2) is 57.6 Å². The predicted octanol–water partition coefficient (Wildman–Crippen LogP) is 2.36. The molecular weight excluding hydrogens is 351 g/mol. The van der Waals surface area contributed by atoms with E-state index in [9.17, 15) is 14.3 Å². The van der Waals surface area contributed by atoms with Gasteiger partial charge in [0.05, 0.1) is 12.1 Å². The third-order valence-corrected chi connectivity index (χ3v) is 5.65. The maximum Gasteiger partial charge on any atom is 0.407 e. The lowest BCUT2D eigenvalue weighted by atomic mass is 9.95. The maximum atomic E-state index is 14.7. The van der Waals surface area contributed by atoms with Crippen molar-refractivity contribution in [2.24, 2.45) is 0 Å². The molecule has 1 amide bonds. The van der Waals surface area contributed by atoms with Crippen LogP contribution in [0.15, 0.2) is 3.92 Å². The number of piperidine rings is 1. The fourth-order valence-corrected chi connectivity index (χ4v) is 4.38. The monoisotopic (exact) mass is 364 g/mol. The Labute approximate surface area is 127 Å². The normalized spacial score (nSPS) is 32.5. The van der Waals surface area contributed by atoms with Crippen molar-refractivity contribution in [3.8, 4) is 0 Å². The van der Waals surface area contributed by atoms with E-state index < -0.39 is 18.3 Å². The van der Waals surface area contributed by atoms with Crippen molar-refractivity contribution in [2.75, 3.05) is 11.9 Å². The molecule has 0 radical (unpaired) electrons. The van der Waals surface area contributed by atoms with Gasteiger partial charge in [-0.1, -0.05) is 11.3 Å². The van der Waals surface area contributed by atoms with Crippen LogP contribution < -0.4 is 4.90 Å². The van der Waals surface area contributed by atoms with Crippen molar-refractivity contribution in [3.63, 3.8) is 0 Å². The SMILES string of the molecule is CN(c1nnc(Br)s1)[C@H]1C[C@@H]2CC[C@H]([C@H]1F)N2C(=O)O. The second-order valence-corrected chi connectivity index (χ2v) is 7.42. The Morgan fingerprint density at radius 3 is 2.90 bits per heavy atom. The smallest absolute Gasteiger partial charge is 0.407 e. The summed E-state index contributed by atoms with van der Waals surface area (Å²) < 4.78 is 15.3. The predicted molar refractivity (Wildman–Crippen MR) is 76.0 cm³/mol. The van der Waals surface area contributed by atoms with Crippen LogP contribution >= 0.6 is 27.3 Å². The number of halogens is 2. The summed E-state index contributed by atoms with van der Waals surface area (Å²) in [5.41, 5.74) is 0. The summed E-state index contributed by atoms with van der Waals surface area (Å²) in [6, 6.07) is -0.966. The van der Waals surface area contributed by atoms with E-state index in [2.05, 4.69) is 26.1 Å². The Kier molecular flexibility index (Phi) is 3.57. The Morgan fingerprint density at radius 2 is 2.30 bits per heavy atom. The fraction of sp³-hybridized carbons (Fsp3) is 0.727. The van der Waals surface area contributed by atoms with E-state index in [1.165, 1.54) is 16.2 Å². The summed E-state index contributed by atoms with van der Waals surface area (Å²) in [6.07, 6.45) is -0.376. The molecule has 6 nitrogen and oxygen atoms in total. The van der Waals surface area contributed by atoms with Crippen LogP contribution in [0.25, 0.3) is 0 Å². The van der Waals surface area contributed by atoms with Gasteiger partial charge in [-0.25, -0.2) is 9.18 Å². The van der Waals surface area contributed by atoms with Gasteiger partial charge < -0.3 is 10.0 Å². The van der Waals surface area contributed by atoms with Gasteiger partial charge in [-0.2, -0.15) is 0 Å². The standard InChI is InChI=1S/C11H14BrFN4O2S/c1-16(10-15-14-9(12)20-10)7-4-5-2-3-6(8(7)13)17(5)11(18)19/h5-8H,2-4H2,1H3,(H,18,19)/t5-,6+,7-,8+/m0/s1. The van der Waals surface area contributed by atoms with Crippen molar-refractivity contribution in [2.45, 2.75) is 43.6 Å². The summed E-state index contributed by atoms with van der Waals surface area (Å²) >= 11 is 4.59. The highest BCUT2D eigenvalue weighted by molar-refractivity contribution is 9.11. The maximum absolute atomic E-state index is 14.7. The van der Waals surface area contributed by atoms with Gasteiger partial charge in [0.2, 0.25) is 5.13 Å². The number of amides is 1. The molecule has 0 spiro atoms. The van der Waals surface area contributed by atoms with E-state index >= 15 is 0 Å². The second-order valence-electron chi connectivity index (χ2n) is 5.18. The van der Waals surface area contributed by atoms with Gasteiger partial charge in [-0.15, -0.1) is 10.2 Å². The minimum atomic E-state index is -1.20. The zero-order valence-electron chi connectivity index (χ0n) is 10.7. The van der Waals surface area contributed by atoms with Gasteiger partial charge in [-0.3, -0.25) is 4.90 Å². The summed E-state index contributed by atoms with van der Waals surface area (Å²) in [5.74, 6) is 0. The number of rotatable bonds is 2. The molecule has 2 bridgehead atoms. The number of hydrogen-bond donors (Lipinski definition) is 1. The van der Waals surface area contributed by atoms with Gasteiger partial charge >= 0.3 is 6.09 Å². The molecule has 0 aliphatic carbocycles. The molecule has 0 saturated carbocycles. The average Bonchev–Trinajstić information content (AvgIpc) is 2.97. The zero-order chi connectivity index (χ0) is 14.4. The first kappa shape index (κ1) is 14.0. The van der Waals surface area contributed by atoms with E-state index in [4.69, 9.17) is 0 Å². The van der Waals surface area contributed by atoms with Gasteiger partial charge in [0, 0.05) is 13.1 Å². The van der Waals surface area contributed by atoms with Crippen LogP contribution in [0, 0.1) is 0 Å². The summed E-state index contributed by atoms with van der Waals surface area (Å²) in [6.45, 7) is 0. The Hall–Kier alpha value is -0.960. The van der Waals surface area contributed by atoms with Crippen LogP contribution in [0.1, 0.15) is 19.3 Å². The van der Waals surface area contributed by atoms with Crippen molar-refractivity contribution < 1.29 is 14.3 Å². The number of hydrogen-bond acceptors (Lipinski definition) is 5. The Balaban J connectivity index is 1.81. The molecule has 2 aliphatic rings. The van der Waals surface area contributed by atoms with E-state index in [-0.39, 0.29) is 12.1 Å². The van der Waals surface area contributed by atoms with Crippen LogP contribution in [0.4, 0.5) is 14.3 Å². The molecule has 2 fully saturated rings. The first-order valence-corrected chi connectivity index (χ1v) is 7.97. The summed E-state index contributed by atoms with van der Waals surface area (Å²) in [5, 5.41) is 17.7. The molecule has 0 unspecified atom stereocenters. The lowest BCUT2D eigenvalue weighted by Crippen LogP contribution is -2.58. The number of nitrogens with zero attached hydrogens (tertiary/aromatic N) is 4. The summed E-state index contributed by atoms with van der Waals surface area (Å²) in [7, 11) is 1.79. The average molecular weight is 365 g/mol. The van der Waals surface area contributed by atoms with E-state index in [1.54, 1.807) is 11.9 Å². The van der Waals surface area contributed by atoms with E-state index in [0.717, 1.165) is 6.42 Å². The molecule has 110 valence electrons. The molecule has 2 saturated heterocycles. The molecule has 4 atom stereocenters. The minimum absolute atomic E-state index is 0.0895. The molecule has 3 heterocycles. The molecule has 3 rings (SSSR count). The number of aromatic nitrogens is 2. The Morgan fingerprint density at radius 1 is 1.55 bits per heavy atom. The largest absolute Gasteiger partial charge is 0.465 e. The van der Waals surface area contributed by atoms with Crippen molar-refractivity contribution in [1.29, 1.82) is 0 Å². The highest BCUT2D eigenvalue weighted by atomic mass is 79.9. The van der Waals surface area contributed by atoms with Gasteiger partial charge in [-0.05, 0) is 35.2 Å². The lowest BCUT2D eigenvalue weighted by Gasteiger charge is -2.42. The number of carboxylic acid groups (broad SMARTS) is 1. The number of alkyl halides is 1. The topological polar surface area (TPSA) is 69.6 Å². The first-order valence-electron chi connectivity index (χ1n) is 6.36. The fourth-order valence-electron chi connectivity index (χ4n) is 3.27.